The quantitative estimate of drug-likeness (QED) is 0.588. The van der Waals surface area contributed by atoms with E-state index in [4.69, 9.17) is 9.47 Å². The van der Waals surface area contributed by atoms with E-state index < -0.39 is 50.6 Å². The van der Waals surface area contributed by atoms with Gasteiger partial charge in [0.2, 0.25) is 0 Å². The van der Waals surface area contributed by atoms with Crippen molar-refractivity contribution in [1.82, 2.24) is 9.88 Å². The van der Waals surface area contributed by atoms with Gasteiger partial charge in [0.1, 0.15) is 18.1 Å². The molecule has 1 amide bonds. The van der Waals surface area contributed by atoms with E-state index in [9.17, 15) is 26.4 Å². The summed E-state index contributed by atoms with van der Waals surface area (Å²) in [5.41, 5.74) is 1.14. The number of pyridine rings is 1. The van der Waals surface area contributed by atoms with E-state index in [2.05, 4.69) is 4.98 Å². The maximum Gasteiger partial charge on any atom is 0.410 e. The van der Waals surface area contributed by atoms with E-state index in [0.29, 0.717) is 30.8 Å². The summed E-state index contributed by atoms with van der Waals surface area (Å²) in [5.74, 6) is -4.11. The second-order valence-electron chi connectivity index (χ2n) is 8.33. The van der Waals surface area contributed by atoms with Crippen molar-refractivity contribution in [2.75, 3.05) is 19.3 Å². The van der Waals surface area contributed by atoms with Crippen LogP contribution in [0.3, 0.4) is 0 Å². The van der Waals surface area contributed by atoms with E-state index in [-0.39, 0.29) is 17.7 Å². The standard InChI is InChI=1S/C23H25F3N2O5S/c1-13(2)33-23(29)28-6-5-17(14(3)11-28)15-7-18(24)21(27-10-15)12-32-22-19(25)8-16(9-20(22)26)34(4,30)31/h5,7-10,13-14H,6,11-12H2,1-4H3. The molecule has 184 valence electrons. The van der Waals surface area contributed by atoms with Crippen LogP contribution in [-0.4, -0.2) is 49.8 Å². The highest BCUT2D eigenvalue weighted by Gasteiger charge is 2.26. The number of hydrogen-bond donors (Lipinski definition) is 0. The van der Waals surface area contributed by atoms with Gasteiger partial charge in [-0.25, -0.2) is 26.4 Å². The summed E-state index contributed by atoms with van der Waals surface area (Å²) in [7, 11) is -3.81. The van der Waals surface area contributed by atoms with E-state index in [0.717, 1.165) is 11.8 Å². The van der Waals surface area contributed by atoms with Gasteiger partial charge >= 0.3 is 6.09 Å². The first-order chi connectivity index (χ1) is 15.9. The summed E-state index contributed by atoms with van der Waals surface area (Å²) < 4.78 is 76.3. The minimum Gasteiger partial charge on any atom is -0.481 e. The Hall–Kier alpha value is -3.08. The fraction of sp³-hybridized carbons (Fsp3) is 0.391. The van der Waals surface area contributed by atoms with Crippen molar-refractivity contribution in [1.29, 1.82) is 0 Å². The molecular formula is C23H25F3N2O5S. The van der Waals surface area contributed by atoms with Gasteiger partial charge in [0.05, 0.1) is 11.0 Å². The summed E-state index contributed by atoms with van der Waals surface area (Å²) in [6.07, 6.45) is 3.39. The molecule has 34 heavy (non-hydrogen) atoms. The molecule has 1 atom stereocenters. The van der Waals surface area contributed by atoms with Crippen molar-refractivity contribution < 1.29 is 35.9 Å². The van der Waals surface area contributed by atoms with E-state index in [1.54, 1.807) is 24.8 Å². The molecule has 0 saturated heterocycles. The molecule has 2 aromatic rings. The van der Waals surface area contributed by atoms with Gasteiger partial charge < -0.3 is 14.4 Å². The molecular weight excluding hydrogens is 473 g/mol. The van der Waals surface area contributed by atoms with Crippen molar-refractivity contribution in [3.05, 3.63) is 59.2 Å². The Kier molecular flexibility index (Phi) is 7.54. The first-order valence-corrected chi connectivity index (χ1v) is 12.4. The van der Waals surface area contributed by atoms with Crippen LogP contribution >= 0.6 is 0 Å². The van der Waals surface area contributed by atoms with Crippen molar-refractivity contribution in [2.45, 2.75) is 38.4 Å². The Morgan fingerprint density at radius 1 is 1.18 bits per heavy atom. The zero-order chi connectivity index (χ0) is 25.2. The van der Waals surface area contributed by atoms with Crippen LogP contribution in [0.4, 0.5) is 18.0 Å². The topological polar surface area (TPSA) is 85.8 Å². The molecule has 2 heterocycles. The lowest BCUT2D eigenvalue weighted by Gasteiger charge is -2.31. The van der Waals surface area contributed by atoms with Crippen LogP contribution in [0.25, 0.3) is 5.57 Å². The predicted molar refractivity (Wildman–Crippen MR) is 118 cm³/mol. The number of amides is 1. The minimum absolute atomic E-state index is 0.103. The highest BCUT2D eigenvalue weighted by atomic mass is 32.2. The highest BCUT2D eigenvalue weighted by Crippen LogP contribution is 2.30. The largest absolute Gasteiger partial charge is 0.481 e. The summed E-state index contributed by atoms with van der Waals surface area (Å²) in [6.45, 7) is 5.55. The van der Waals surface area contributed by atoms with Crippen molar-refractivity contribution in [3.8, 4) is 5.75 Å². The Morgan fingerprint density at radius 3 is 2.35 bits per heavy atom. The van der Waals surface area contributed by atoms with E-state index >= 15 is 0 Å². The molecule has 1 aliphatic heterocycles. The Bertz CT molecular complexity index is 1210. The van der Waals surface area contributed by atoms with Crippen molar-refractivity contribution in [3.63, 3.8) is 0 Å². The number of halogens is 3. The van der Waals surface area contributed by atoms with Gasteiger partial charge in [-0.2, -0.15) is 0 Å². The Balaban J connectivity index is 1.73. The summed E-state index contributed by atoms with van der Waals surface area (Å²) in [6, 6.07) is 2.52. The van der Waals surface area contributed by atoms with Crippen LogP contribution in [-0.2, 0) is 21.2 Å². The first kappa shape index (κ1) is 25.5. The zero-order valence-corrected chi connectivity index (χ0v) is 20.0. The maximum atomic E-state index is 14.7. The number of aromatic nitrogens is 1. The molecule has 1 aromatic heterocycles. The lowest BCUT2D eigenvalue weighted by atomic mass is 9.91. The third-order valence-corrected chi connectivity index (χ3v) is 6.25. The number of nitrogens with zero attached hydrogens (tertiary/aromatic N) is 2. The number of carbonyl (C=O) groups excluding carboxylic acids is 1. The van der Waals surface area contributed by atoms with Gasteiger partial charge in [0.15, 0.2) is 27.2 Å². The molecule has 0 fully saturated rings. The van der Waals surface area contributed by atoms with Gasteiger partial charge in [0.25, 0.3) is 0 Å². The molecule has 1 aliphatic rings. The van der Waals surface area contributed by atoms with Crippen LogP contribution < -0.4 is 4.74 Å². The molecule has 0 aliphatic carbocycles. The normalized spacial score (nSPS) is 16.4. The molecule has 0 bridgehead atoms. The fourth-order valence-corrected chi connectivity index (χ4v) is 4.14. The lowest BCUT2D eigenvalue weighted by molar-refractivity contribution is 0.0769. The fourth-order valence-electron chi connectivity index (χ4n) is 3.50. The third-order valence-electron chi connectivity index (χ3n) is 5.16. The Labute approximate surface area is 196 Å². The third kappa shape index (κ3) is 5.88. The molecule has 0 N–H and O–H groups in total. The highest BCUT2D eigenvalue weighted by molar-refractivity contribution is 7.90. The Morgan fingerprint density at radius 2 is 1.82 bits per heavy atom. The second-order valence-corrected chi connectivity index (χ2v) is 10.3. The van der Waals surface area contributed by atoms with Crippen LogP contribution in [0.15, 0.2) is 35.4 Å². The molecule has 1 unspecified atom stereocenters. The zero-order valence-electron chi connectivity index (χ0n) is 19.1. The van der Waals surface area contributed by atoms with Gasteiger partial charge in [-0.15, -0.1) is 0 Å². The van der Waals surface area contributed by atoms with Crippen LogP contribution in [0.5, 0.6) is 5.75 Å². The molecule has 11 heteroatoms. The number of benzene rings is 1. The molecule has 0 spiro atoms. The average Bonchev–Trinajstić information content (AvgIpc) is 2.72. The smallest absolute Gasteiger partial charge is 0.410 e. The summed E-state index contributed by atoms with van der Waals surface area (Å²) in [4.78, 5) is 17.2. The van der Waals surface area contributed by atoms with Crippen LogP contribution in [0, 0.1) is 23.4 Å². The summed E-state index contributed by atoms with van der Waals surface area (Å²) >= 11 is 0. The molecule has 0 radical (unpaired) electrons. The van der Waals surface area contributed by atoms with Crippen LogP contribution in [0.1, 0.15) is 32.0 Å². The first-order valence-electron chi connectivity index (χ1n) is 10.5. The van der Waals surface area contributed by atoms with Crippen molar-refractivity contribution in [2.24, 2.45) is 5.92 Å². The van der Waals surface area contributed by atoms with Gasteiger partial charge in [-0.1, -0.05) is 13.0 Å². The van der Waals surface area contributed by atoms with Gasteiger partial charge in [-0.05, 0) is 49.1 Å². The van der Waals surface area contributed by atoms with Gasteiger partial charge in [0, 0.05) is 25.5 Å². The minimum atomic E-state index is -3.81. The summed E-state index contributed by atoms with van der Waals surface area (Å²) in [5, 5.41) is 0. The lowest BCUT2D eigenvalue weighted by Crippen LogP contribution is -2.39. The monoisotopic (exact) mass is 498 g/mol. The molecule has 1 aromatic carbocycles. The second kappa shape index (κ2) is 10.0. The SMILES string of the molecule is CC(C)OC(=O)N1CC=C(c2cnc(COc3c(F)cc(S(C)(=O)=O)cc3F)c(F)c2)C(C)C1. The number of ether oxygens (including phenoxy) is 2. The molecule has 0 saturated carbocycles. The molecule has 7 nitrogen and oxygen atoms in total. The predicted octanol–water partition coefficient (Wildman–Crippen LogP) is 4.36. The molecule has 3 rings (SSSR count). The average molecular weight is 499 g/mol. The van der Waals surface area contributed by atoms with Crippen molar-refractivity contribution >= 4 is 21.5 Å². The number of rotatable bonds is 6. The van der Waals surface area contributed by atoms with Crippen LogP contribution in [0.2, 0.25) is 0 Å². The van der Waals surface area contributed by atoms with E-state index in [1.165, 1.54) is 12.3 Å². The maximum absolute atomic E-state index is 14.7. The number of carbonyl (C=O) groups is 1. The number of hydrogen-bond acceptors (Lipinski definition) is 6. The van der Waals surface area contributed by atoms with Gasteiger partial charge in [-0.3, -0.25) is 4.98 Å². The van der Waals surface area contributed by atoms with E-state index in [1.807, 2.05) is 6.92 Å². The number of sulfone groups is 1.